The molecule has 0 spiro atoms. The number of hydrogen-bond acceptors (Lipinski definition) is 3. The predicted octanol–water partition coefficient (Wildman–Crippen LogP) is 3.30. The van der Waals surface area contributed by atoms with Crippen LogP contribution in [0.25, 0.3) is 0 Å². The van der Waals surface area contributed by atoms with Crippen molar-refractivity contribution in [2.75, 3.05) is 33.8 Å². The van der Waals surface area contributed by atoms with E-state index in [4.69, 9.17) is 4.74 Å². The van der Waals surface area contributed by atoms with E-state index in [1.807, 2.05) is 32.0 Å². The van der Waals surface area contributed by atoms with E-state index >= 15 is 0 Å². The number of aliphatic imine (C=N–C) groups is 1. The molecular formula is C21H27F3N4O. The monoisotopic (exact) mass is 408 g/mol. The van der Waals surface area contributed by atoms with Crippen LogP contribution in [-0.2, 0) is 13.1 Å². The Morgan fingerprint density at radius 2 is 1.83 bits per heavy atom. The first-order chi connectivity index (χ1) is 13.9. The van der Waals surface area contributed by atoms with Crippen molar-refractivity contribution in [3.05, 3.63) is 65.0 Å². The van der Waals surface area contributed by atoms with Crippen LogP contribution >= 0.6 is 0 Å². The summed E-state index contributed by atoms with van der Waals surface area (Å²) in [5, 5.41) is 6.19. The van der Waals surface area contributed by atoms with Crippen molar-refractivity contribution in [1.82, 2.24) is 15.5 Å². The summed E-state index contributed by atoms with van der Waals surface area (Å²) in [6, 6.07) is 8.15. The number of halogens is 3. The first-order valence-electron chi connectivity index (χ1n) is 9.41. The maximum atomic E-state index is 13.9. The Labute approximate surface area is 169 Å². The van der Waals surface area contributed by atoms with E-state index in [0.717, 1.165) is 17.7 Å². The topological polar surface area (TPSA) is 48.9 Å². The molecule has 0 atom stereocenters. The third-order valence-electron chi connectivity index (χ3n) is 3.91. The minimum atomic E-state index is -0.740. The molecule has 29 heavy (non-hydrogen) atoms. The smallest absolute Gasteiger partial charge is 0.191 e. The lowest BCUT2D eigenvalue weighted by Gasteiger charge is -2.13. The van der Waals surface area contributed by atoms with Gasteiger partial charge >= 0.3 is 0 Å². The summed E-state index contributed by atoms with van der Waals surface area (Å²) in [6.07, 6.45) is 0. The van der Waals surface area contributed by atoms with Gasteiger partial charge in [-0.15, -0.1) is 0 Å². The molecule has 0 unspecified atom stereocenters. The molecule has 0 aliphatic rings. The molecule has 2 rings (SSSR count). The average molecular weight is 408 g/mol. The zero-order valence-corrected chi connectivity index (χ0v) is 16.9. The second-order valence-corrected chi connectivity index (χ2v) is 6.71. The Bertz CT molecular complexity index is 828. The van der Waals surface area contributed by atoms with E-state index in [1.54, 1.807) is 6.07 Å². The number of nitrogens with zero attached hydrogens (tertiary/aromatic N) is 2. The molecule has 8 heteroatoms. The zero-order valence-electron chi connectivity index (χ0n) is 16.9. The molecule has 0 aliphatic carbocycles. The Morgan fingerprint density at radius 1 is 1.03 bits per heavy atom. The van der Waals surface area contributed by atoms with Crippen LogP contribution in [0.3, 0.4) is 0 Å². The van der Waals surface area contributed by atoms with Crippen LogP contribution < -0.4 is 15.4 Å². The maximum Gasteiger partial charge on any atom is 0.191 e. The van der Waals surface area contributed by atoms with Crippen molar-refractivity contribution < 1.29 is 17.9 Å². The molecule has 0 bridgehead atoms. The Balaban J connectivity index is 1.90. The Hall–Kier alpha value is -2.74. The van der Waals surface area contributed by atoms with E-state index in [-0.39, 0.29) is 18.2 Å². The fraction of sp³-hybridized carbons (Fsp3) is 0.381. The molecule has 2 aromatic rings. The van der Waals surface area contributed by atoms with E-state index in [0.29, 0.717) is 37.7 Å². The van der Waals surface area contributed by atoms with Gasteiger partial charge in [-0.3, -0.25) is 0 Å². The average Bonchev–Trinajstić information content (AvgIpc) is 2.66. The number of rotatable bonds is 9. The summed E-state index contributed by atoms with van der Waals surface area (Å²) in [6.45, 7) is 4.04. The van der Waals surface area contributed by atoms with Gasteiger partial charge in [0.25, 0.3) is 0 Å². The first kappa shape index (κ1) is 22.5. The lowest BCUT2D eigenvalue weighted by molar-refractivity contribution is 0.304. The van der Waals surface area contributed by atoms with Crippen molar-refractivity contribution in [2.45, 2.75) is 20.0 Å². The van der Waals surface area contributed by atoms with E-state index < -0.39 is 11.6 Å². The molecule has 0 fully saturated rings. The lowest BCUT2D eigenvalue weighted by Crippen LogP contribution is -2.39. The fourth-order valence-electron chi connectivity index (χ4n) is 2.62. The van der Waals surface area contributed by atoms with Crippen LogP contribution in [0.1, 0.15) is 18.1 Å². The van der Waals surface area contributed by atoms with E-state index in [9.17, 15) is 13.2 Å². The van der Waals surface area contributed by atoms with Crippen molar-refractivity contribution in [3.63, 3.8) is 0 Å². The predicted molar refractivity (Wildman–Crippen MR) is 108 cm³/mol. The molecule has 0 amide bonds. The van der Waals surface area contributed by atoms with Gasteiger partial charge in [0, 0.05) is 24.7 Å². The summed E-state index contributed by atoms with van der Waals surface area (Å²) in [7, 11) is 3.77. The van der Waals surface area contributed by atoms with Gasteiger partial charge in [0.1, 0.15) is 18.2 Å². The van der Waals surface area contributed by atoms with Gasteiger partial charge in [-0.25, -0.2) is 18.2 Å². The van der Waals surface area contributed by atoms with Gasteiger partial charge in [-0.1, -0.05) is 6.07 Å². The highest BCUT2D eigenvalue weighted by Gasteiger charge is 2.06. The lowest BCUT2D eigenvalue weighted by atomic mass is 10.1. The van der Waals surface area contributed by atoms with Crippen molar-refractivity contribution >= 4 is 5.96 Å². The molecular weight excluding hydrogens is 381 g/mol. The molecule has 0 radical (unpaired) electrons. The van der Waals surface area contributed by atoms with Crippen LogP contribution in [0, 0.1) is 17.5 Å². The van der Waals surface area contributed by atoms with Crippen LogP contribution in [0.15, 0.2) is 41.4 Å². The third-order valence-corrected chi connectivity index (χ3v) is 3.91. The Morgan fingerprint density at radius 3 is 2.52 bits per heavy atom. The number of guanidine groups is 1. The summed E-state index contributed by atoms with van der Waals surface area (Å²) in [4.78, 5) is 6.39. The summed E-state index contributed by atoms with van der Waals surface area (Å²) in [5.74, 6) is -1.06. The number of hydrogen-bond donors (Lipinski definition) is 2. The molecule has 0 heterocycles. The van der Waals surface area contributed by atoms with E-state index in [1.165, 1.54) is 12.1 Å². The standard InChI is InChI=1S/C21H27F3N4O/c1-4-25-21(26-9-10-29-20-8-6-17(22)12-19(20)24)27-13-15-5-7-18(23)16(11-15)14-28(2)3/h5-8,11-12H,4,9-10,13-14H2,1-3H3,(H2,25,26,27). The second-order valence-electron chi connectivity index (χ2n) is 6.71. The van der Waals surface area contributed by atoms with Gasteiger partial charge in [0.2, 0.25) is 0 Å². The van der Waals surface area contributed by atoms with Gasteiger partial charge in [0.05, 0.1) is 13.1 Å². The number of benzene rings is 2. The third kappa shape index (κ3) is 7.65. The molecule has 2 N–H and O–H groups in total. The minimum Gasteiger partial charge on any atom is -0.489 e. The van der Waals surface area contributed by atoms with Gasteiger partial charge in [-0.05, 0) is 50.8 Å². The summed E-state index contributed by atoms with van der Waals surface area (Å²) >= 11 is 0. The minimum absolute atomic E-state index is 0.00475. The molecule has 0 saturated carbocycles. The highest BCUT2D eigenvalue weighted by atomic mass is 19.1. The van der Waals surface area contributed by atoms with Crippen LogP contribution in [-0.4, -0.2) is 44.7 Å². The Kier molecular flexibility index (Phi) is 8.79. The number of ether oxygens (including phenoxy) is 1. The zero-order chi connectivity index (χ0) is 21.2. The van der Waals surface area contributed by atoms with Crippen molar-refractivity contribution in [1.29, 1.82) is 0 Å². The number of nitrogens with one attached hydrogen (secondary N) is 2. The van der Waals surface area contributed by atoms with Crippen molar-refractivity contribution in [3.8, 4) is 5.75 Å². The van der Waals surface area contributed by atoms with E-state index in [2.05, 4.69) is 15.6 Å². The van der Waals surface area contributed by atoms with Crippen LogP contribution in [0.2, 0.25) is 0 Å². The summed E-state index contributed by atoms with van der Waals surface area (Å²) in [5.41, 5.74) is 1.51. The maximum absolute atomic E-state index is 13.9. The quantitative estimate of drug-likeness (QED) is 0.380. The SMILES string of the molecule is CCNC(=NCc1ccc(F)c(CN(C)C)c1)NCCOc1ccc(F)cc1F. The molecule has 0 aromatic heterocycles. The first-order valence-corrected chi connectivity index (χ1v) is 9.41. The fourth-order valence-corrected chi connectivity index (χ4v) is 2.62. The normalized spacial score (nSPS) is 11.6. The highest BCUT2D eigenvalue weighted by Crippen LogP contribution is 2.17. The second kappa shape index (κ2) is 11.3. The van der Waals surface area contributed by atoms with Crippen LogP contribution in [0.5, 0.6) is 5.75 Å². The molecule has 0 saturated heterocycles. The van der Waals surface area contributed by atoms with Gasteiger partial charge in [-0.2, -0.15) is 0 Å². The largest absolute Gasteiger partial charge is 0.489 e. The van der Waals surface area contributed by atoms with Crippen molar-refractivity contribution in [2.24, 2.45) is 4.99 Å². The summed E-state index contributed by atoms with van der Waals surface area (Å²) < 4.78 is 45.7. The highest BCUT2D eigenvalue weighted by molar-refractivity contribution is 5.79. The molecule has 2 aromatic carbocycles. The molecule has 5 nitrogen and oxygen atoms in total. The van der Waals surface area contributed by atoms with Crippen LogP contribution in [0.4, 0.5) is 13.2 Å². The molecule has 0 aliphatic heterocycles. The van der Waals surface area contributed by atoms with Gasteiger partial charge < -0.3 is 20.3 Å². The van der Waals surface area contributed by atoms with Gasteiger partial charge in [0.15, 0.2) is 17.5 Å². The molecule has 158 valence electrons.